The molecule has 5 heteroatoms. The smallest absolute Gasteiger partial charge is 0.264 e. The van der Waals surface area contributed by atoms with Crippen molar-refractivity contribution in [2.45, 2.75) is 40.0 Å². The molecule has 0 heterocycles. The highest BCUT2D eigenvalue weighted by molar-refractivity contribution is 7.80. The van der Waals surface area contributed by atoms with E-state index in [1.165, 1.54) is 5.56 Å². The zero-order valence-corrected chi connectivity index (χ0v) is 16.6. The number of ether oxygens (including phenoxy) is 1. The van der Waals surface area contributed by atoms with Gasteiger partial charge in [-0.1, -0.05) is 49.7 Å². The van der Waals surface area contributed by atoms with Gasteiger partial charge in [-0.25, -0.2) is 0 Å². The lowest BCUT2D eigenvalue weighted by Crippen LogP contribution is -2.37. The van der Waals surface area contributed by atoms with Gasteiger partial charge in [-0.2, -0.15) is 0 Å². The molecular weight excluding hydrogens is 344 g/mol. The molecule has 2 aromatic rings. The monoisotopic (exact) mass is 370 g/mol. The van der Waals surface area contributed by atoms with Gasteiger partial charge in [-0.3, -0.25) is 10.1 Å². The van der Waals surface area contributed by atoms with Crippen molar-refractivity contribution >= 4 is 28.9 Å². The second-order valence-electron chi connectivity index (χ2n) is 6.46. The second kappa shape index (κ2) is 9.34. The summed E-state index contributed by atoms with van der Waals surface area (Å²) in [5, 5.41) is 6.06. The van der Waals surface area contributed by atoms with Crippen molar-refractivity contribution in [3.8, 4) is 5.75 Å². The molecule has 1 atom stereocenters. The normalized spacial score (nSPS) is 11.5. The number of para-hydroxylation sites is 1. The molecule has 26 heavy (non-hydrogen) atoms. The van der Waals surface area contributed by atoms with E-state index in [1.54, 1.807) is 0 Å². The van der Waals surface area contributed by atoms with Gasteiger partial charge in [0.15, 0.2) is 11.7 Å². The third-order valence-corrected chi connectivity index (χ3v) is 4.50. The predicted octanol–water partition coefficient (Wildman–Crippen LogP) is 4.71. The molecule has 0 saturated carbocycles. The Hall–Kier alpha value is -2.40. The Morgan fingerprint density at radius 1 is 1.19 bits per heavy atom. The first-order valence-corrected chi connectivity index (χ1v) is 9.21. The molecule has 1 amide bonds. The summed E-state index contributed by atoms with van der Waals surface area (Å²) < 4.78 is 5.58. The van der Waals surface area contributed by atoms with Crippen LogP contribution in [-0.2, 0) is 4.79 Å². The van der Waals surface area contributed by atoms with Gasteiger partial charge in [0.2, 0.25) is 0 Å². The fourth-order valence-corrected chi connectivity index (χ4v) is 2.91. The van der Waals surface area contributed by atoms with Crippen LogP contribution < -0.4 is 15.4 Å². The van der Waals surface area contributed by atoms with E-state index in [9.17, 15) is 4.79 Å². The average Bonchev–Trinajstić information content (AvgIpc) is 2.60. The maximum Gasteiger partial charge on any atom is 0.264 e. The van der Waals surface area contributed by atoms with Crippen LogP contribution >= 0.6 is 12.2 Å². The van der Waals surface area contributed by atoms with Crippen molar-refractivity contribution in [1.82, 2.24) is 5.32 Å². The van der Waals surface area contributed by atoms with Crippen molar-refractivity contribution in [2.75, 3.05) is 11.9 Å². The van der Waals surface area contributed by atoms with Crippen LogP contribution in [0.4, 0.5) is 5.69 Å². The number of carbonyl (C=O) groups excluding carboxylic acids is 1. The van der Waals surface area contributed by atoms with Crippen LogP contribution in [0.15, 0.2) is 42.5 Å². The summed E-state index contributed by atoms with van der Waals surface area (Å²) in [6.45, 7) is 8.20. The second-order valence-corrected chi connectivity index (χ2v) is 6.86. The molecule has 0 fully saturated rings. The Labute approximate surface area is 161 Å². The van der Waals surface area contributed by atoms with E-state index in [0.29, 0.717) is 11.7 Å². The molecule has 138 valence electrons. The SMILES string of the molecule is CCC(C)c1ccccc1NC(=S)NC(=O)COc1ccc(C)cc1C. The molecule has 2 aromatic carbocycles. The molecule has 0 saturated heterocycles. The van der Waals surface area contributed by atoms with Crippen LogP contribution in [0.5, 0.6) is 5.75 Å². The first-order valence-electron chi connectivity index (χ1n) is 8.80. The number of rotatable bonds is 6. The summed E-state index contributed by atoms with van der Waals surface area (Å²) in [4.78, 5) is 12.1. The minimum atomic E-state index is -0.288. The molecule has 0 aromatic heterocycles. The van der Waals surface area contributed by atoms with Gasteiger partial charge in [0.25, 0.3) is 5.91 Å². The Kier molecular flexibility index (Phi) is 7.16. The molecule has 0 aliphatic rings. The van der Waals surface area contributed by atoms with Crippen molar-refractivity contribution in [3.05, 3.63) is 59.2 Å². The van der Waals surface area contributed by atoms with Crippen LogP contribution in [0.2, 0.25) is 0 Å². The fraction of sp³-hybridized carbons (Fsp3) is 0.333. The molecule has 0 aliphatic carbocycles. The summed E-state index contributed by atoms with van der Waals surface area (Å²) in [5.74, 6) is 0.820. The summed E-state index contributed by atoms with van der Waals surface area (Å²) in [6, 6.07) is 13.8. The van der Waals surface area contributed by atoms with Crippen LogP contribution in [0.3, 0.4) is 0 Å². The molecule has 1 unspecified atom stereocenters. The van der Waals surface area contributed by atoms with Gasteiger partial charge < -0.3 is 10.1 Å². The van der Waals surface area contributed by atoms with Gasteiger partial charge >= 0.3 is 0 Å². The van der Waals surface area contributed by atoms with Crippen molar-refractivity contribution in [2.24, 2.45) is 0 Å². The lowest BCUT2D eigenvalue weighted by Gasteiger charge is -2.17. The Morgan fingerprint density at radius 3 is 2.62 bits per heavy atom. The number of hydrogen-bond donors (Lipinski definition) is 2. The molecule has 2 rings (SSSR count). The van der Waals surface area contributed by atoms with E-state index in [2.05, 4.69) is 30.5 Å². The number of nitrogens with one attached hydrogen (secondary N) is 2. The first-order chi connectivity index (χ1) is 12.4. The van der Waals surface area contributed by atoms with Gasteiger partial charge in [0.1, 0.15) is 5.75 Å². The number of hydrogen-bond acceptors (Lipinski definition) is 3. The highest BCUT2D eigenvalue weighted by atomic mass is 32.1. The average molecular weight is 371 g/mol. The largest absolute Gasteiger partial charge is 0.483 e. The highest BCUT2D eigenvalue weighted by Crippen LogP contribution is 2.26. The van der Waals surface area contributed by atoms with Crippen molar-refractivity contribution in [1.29, 1.82) is 0 Å². The Balaban J connectivity index is 1.91. The molecule has 2 N–H and O–H groups in total. The zero-order valence-electron chi connectivity index (χ0n) is 15.8. The van der Waals surface area contributed by atoms with E-state index >= 15 is 0 Å². The van der Waals surface area contributed by atoms with E-state index in [4.69, 9.17) is 17.0 Å². The molecular formula is C21H26N2O2S. The van der Waals surface area contributed by atoms with Crippen LogP contribution in [0.1, 0.15) is 42.9 Å². The number of aryl methyl sites for hydroxylation is 2. The topological polar surface area (TPSA) is 50.4 Å². The predicted molar refractivity (Wildman–Crippen MR) is 111 cm³/mol. The highest BCUT2D eigenvalue weighted by Gasteiger charge is 2.11. The van der Waals surface area contributed by atoms with Crippen molar-refractivity contribution in [3.63, 3.8) is 0 Å². The Morgan fingerprint density at radius 2 is 1.92 bits per heavy atom. The third kappa shape index (κ3) is 5.56. The van der Waals surface area contributed by atoms with Crippen molar-refractivity contribution < 1.29 is 9.53 Å². The zero-order chi connectivity index (χ0) is 19.1. The molecule has 4 nitrogen and oxygen atoms in total. The summed E-state index contributed by atoms with van der Waals surface area (Å²) in [7, 11) is 0. The van der Waals surface area contributed by atoms with Crippen LogP contribution in [0.25, 0.3) is 0 Å². The number of benzene rings is 2. The molecule has 0 radical (unpaired) electrons. The minimum absolute atomic E-state index is 0.0846. The summed E-state index contributed by atoms with van der Waals surface area (Å²) in [6.07, 6.45) is 1.03. The van der Waals surface area contributed by atoms with E-state index in [1.807, 2.05) is 50.2 Å². The number of carbonyl (C=O) groups is 1. The van der Waals surface area contributed by atoms with Crippen LogP contribution in [0, 0.1) is 13.8 Å². The maximum atomic E-state index is 12.1. The first kappa shape index (κ1) is 19.9. The standard InChI is InChI=1S/C21H26N2O2S/c1-5-15(3)17-8-6-7-9-18(17)22-21(26)23-20(24)13-25-19-11-10-14(2)12-16(19)4/h6-12,15H,5,13H2,1-4H3,(H2,22,23,24,26). The molecule has 0 aliphatic heterocycles. The van der Waals surface area contributed by atoms with Gasteiger partial charge in [0, 0.05) is 5.69 Å². The number of thiocarbonyl (C=S) groups is 1. The lowest BCUT2D eigenvalue weighted by molar-refractivity contribution is -0.121. The summed E-state index contributed by atoms with van der Waals surface area (Å²) >= 11 is 5.27. The van der Waals surface area contributed by atoms with E-state index < -0.39 is 0 Å². The Bertz CT molecular complexity index is 789. The number of amides is 1. The van der Waals surface area contributed by atoms with E-state index in [0.717, 1.165) is 23.2 Å². The van der Waals surface area contributed by atoms with Crippen LogP contribution in [-0.4, -0.2) is 17.6 Å². The molecule has 0 spiro atoms. The fourth-order valence-electron chi connectivity index (χ4n) is 2.68. The summed E-state index contributed by atoms with van der Waals surface area (Å²) in [5.41, 5.74) is 4.26. The van der Waals surface area contributed by atoms with Gasteiger partial charge in [-0.05, 0) is 61.7 Å². The van der Waals surface area contributed by atoms with Gasteiger partial charge in [-0.15, -0.1) is 0 Å². The quantitative estimate of drug-likeness (QED) is 0.723. The van der Waals surface area contributed by atoms with E-state index in [-0.39, 0.29) is 17.6 Å². The third-order valence-electron chi connectivity index (χ3n) is 4.29. The van der Waals surface area contributed by atoms with Gasteiger partial charge in [0.05, 0.1) is 0 Å². The number of anilines is 1. The molecule has 0 bridgehead atoms. The maximum absolute atomic E-state index is 12.1. The lowest BCUT2D eigenvalue weighted by atomic mass is 9.97. The minimum Gasteiger partial charge on any atom is -0.483 e.